The van der Waals surface area contributed by atoms with Gasteiger partial charge in [0.1, 0.15) is 23.8 Å². The average Bonchev–Trinajstić information content (AvgIpc) is 3.31. The van der Waals surface area contributed by atoms with Crippen LogP contribution >= 0.6 is 0 Å². The SMILES string of the molecule is Cc1nc(Nc2ccc(NC(=O)[C@H](C)Oc3ccccc3F)cc2)cc(-n2ccnc2)n1. The zero-order valence-corrected chi connectivity index (χ0v) is 17.5. The second-order valence-electron chi connectivity index (χ2n) is 7.01. The lowest BCUT2D eigenvalue weighted by Gasteiger charge is -2.15. The Balaban J connectivity index is 1.39. The molecule has 162 valence electrons. The molecule has 0 saturated heterocycles. The normalized spacial score (nSPS) is 11.6. The van der Waals surface area contributed by atoms with Crippen molar-refractivity contribution in [1.29, 1.82) is 0 Å². The molecule has 2 aromatic carbocycles. The molecule has 2 heterocycles. The van der Waals surface area contributed by atoms with Crippen LogP contribution in [-0.2, 0) is 4.79 Å². The lowest BCUT2D eigenvalue weighted by molar-refractivity contribution is -0.122. The monoisotopic (exact) mass is 432 g/mol. The number of amides is 1. The number of carbonyl (C=O) groups excluding carboxylic acids is 1. The quantitative estimate of drug-likeness (QED) is 0.453. The van der Waals surface area contributed by atoms with E-state index >= 15 is 0 Å². The van der Waals surface area contributed by atoms with Crippen LogP contribution in [0.25, 0.3) is 5.82 Å². The molecule has 0 radical (unpaired) electrons. The van der Waals surface area contributed by atoms with Crippen molar-refractivity contribution in [3.8, 4) is 11.6 Å². The highest BCUT2D eigenvalue weighted by Crippen LogP contribution is 2.21. The van der Waals surface area contributed by atoms with Gasteiger partial charge in [0.05, 0.1) is 0 Å². The summed E-state index contributed by atoms with van der Waals surface area (Å²) in [5.41, 5.74) is 1.37. The number of carbonyl (C=O) groups is 1. The number of hydrogen-bond donors (Lipinski definition) is 2. The molecular formula is C23H21FN6O2. The molecule has 4 rings (SSSR count). The largest absolute Gasteiger partial charge is 0.478 e. The van der Waals surface area contributed by atoms with E-state index in [1.54, 1.807) is 54.5 Å². The topological polar surface area (TPSA) is 94.0 Å². The Hall–Kier alpha value is -4.27. The number of imidazole rings is 1. The van der Waals surface area contributed by atoms with Gasteiger partial charge in [0.25, 0.3) is 5.91 Å². The molecule has 0 saturated carbocycles. The number of halogens is 1. The molecule has 4 aromatic rings. The third-order valence-electron chi connectivity index (χ3n) is 4.53. The number of para-hydroxylation sites is 1. The van der Waals surface area contributed by atoms with E-state index in [1.165, 1.54) is 12.1 Å². The van der Waals surface area contributed by atoms with E-state index in [2.05, 4.69) is 25.6 Å². The molecule has 0 aliphatic rings. The van der Waals surface area contributed by atoms with Crippen molar-refractivity contribution < 1.29 is 13.9 Å². The minimum absolute atomic E-state index is 0.0323. The van der Waals surface area contributed by atoms with E-state index in [-0.39, 0.29) is 11.7 Å². The predicted octanol–water partition coefficient (Wildman–Crippen LogP) is 4.26. The fourth-order valence-corrected chi connectivity index (χ4v) is 2.96. The number of aromatic nitrogens is 4. The first-order valence-electron chi connectivity index (χ1n) is 9.91. The van der Waals surface area contributed by atoms with Gasteiger partial charge in [0.15, 0.2) is 17.7 Å². The van der Waals surface area contributed by atoms with Gasteiger partial charge in [0.2, 0.25) is 0 Å². The van der Waals surface area contributed by atoms with Gasteiger partial charge < -0.3 is 15.4 Å². The van der Waals surface area contributed by atoms with Crippen LogP contribution in [0.1, 0.15) is 12.7 Å². The van der Waals surface area contributed by atoms with E-state index in [4.69, 9.17) is 4.74 Å². The molecule has 32 heavy (non-hydrogen) atoms. The second kappa shape index (κ2) is 9.25. The first-order chi connectivity index (χ1) is 15.5. The zero-order valence-electron chi connectivity index (χ0n) is 17.5. The fourth-order valence-electron chi connectivity index (χ4n) is 2.96. The molecule has 0 aliphatic heterocycles. The lowest BCUT2D eigenvalue weighted by atomic mass is 10.2. The van der Waals surface area contributed by atoms with Gasteiger partial charge in [-0.2, -0.15) is 0 Å². The Kier molecular flexibility index (Phi) is 6.07. The minimum Gasteiger partial charge on any atom is -0.478 e. The number of benzene rings is 2. The van der Waals surface area contributed by atoms with Gasteiger partial charge in [-0.3, -0.25) is 9.36 Å². The molecule has 0 bridgehead atoms. The molecule has 0 fully saturated rings. The van der Waals surface area contributed by atoms with Crippen molar-refractivity contribution in [3.05, 3.63) is 85.0 Å². The van der Waals surface area contributed by atoms with E-state index in [9.17, 15) is 9.18 Å². The molecule has 9 heteroatoms. The highest BCUT2D eigenvalue weighted by molar-refractivity contribution is 5.94. The number of rotatable bonds is 7. The number of anilines is 3. The number of aryl methyl sites for hydroxylation is 1. The van der Waals surface area contributed by atoms with Gasteiger partial charge in [-0.05, 0) is 50.2 Å². The summed E-state index contributed by atoms with van der Waals surface area (Å²) >= 11 is 0. The van der Waals surface area contributed by atoms with Crippen molar-refractivity contribution in [3.63, 3.8) is 0 Å². The molecule has 0 aliphatic carbocycles. The number of nitrogens with zero attached hydrogens (tertiary/aromatic N) is 4. The first-order valence-corrected chi connectivity index (χ1v) is 9.91. The summed E-state index contributed by atoms with van der Waals surface area (Å²) in [5.74, 6) is 1.08. The van der Waals surface area contributed by atoms with Crippen molar-refractivity contribution in [1.82, 2.24) is 19.5 Å². The van der Waals surface area contributed by atoms with Crippen molar-refractivity contribution >= 4 is 23.1 Å². The Morgan fingerprint density at radius 1 is 1.09 bits per heavy atom. The first kappa shape index (κ1) is 21.0. The smallest absolute Gasteiger partial charge is 0.265 e. The van der Waals surface area contributed by atoms with Gasteiger partial charge in [-0.15, -0.1) is 0 Å². The van der Waals surface area contributed by atoms with Crippen LogP contribution in [0.4, 0.5) is 21.6 Å². The van der Waals surface area contributed by atoms with Crippen molar-refractivity contribution in [2.24, 2.45) is 0 Å². The number of nitrogens with one attached hydrogen (secondary N) is 2. The Bertz CT molecular complexity index is 1210. The second-order valence-corrected chi connectivity index (χ2v) is 7.01. The molecule has 0 unspecified atom stereocenters. The van der Waals surface area contributed by atoms with Crippen LogP contribution in [0.5, 0.6) is 5.75 Å². The van der Waals surface area contributed by atoms with Crippen LogP contribution in [-0.4, -0.2) is 31.5 Å². The van der Waals surface area contributed by atoms with Crippen LogP contribution < -0.4 is 15.4 Å². The summed E-state index contributed by atoms with van der Waals surface area (Å²) in [4.78, 5) is 25.2. The third kappa shape index (κ3) is 5.07. The Labute approximate surface area is 184 Å². The van der Waals surface area contributed by atoms with E-state index < -0.39 is 11.9 Å². The maximum absolute atomic E-state index is 13.7. The standard InChI is InChI=1S/C23H21FN6O2/c1-15(32-20-6-4-3-5-19(20)24)23(31)29-18-9-7-17(8-10-18)28-21-13-22(27-16(2)26-21)30-12-11-25-14-30/h3-15H,1-2H3,(H,29,31)(H,26,27,28)/t15-/m0/s1. The summed E-state index contributed by atoms with van der Waals surface area (Å²) < 4.78 is 20.9. The van der Waals surface area contributed by atoms with Crippen LogP contribution in [0.15, 0.2) is 73.3 Å². The van der Waals surface area contributed by atoms with Gasteiger partial charge >= 0.3 is 0 Å². The van der Waals surface area contributed by atoms with Crippen molar-refractivity contribution in [2.45, 2.75) is 20.0 Å². The number of ether oxygens (including phenoxy) is 1. The fraction of sp³-hybridized carbons (Fsp3) is 0.130. The molecule has 1 atom stereocenters. The van der Waals surface area contributed by atoms with Gasteiger partial charge in [-0.1, -0.05) is 12.1 Å². The van der Waals surface area contributed by atoms with Crippen LogP contribution in [0, 0.1) is 12.7 Å². The van der Waals surface area contributed by atoms with Crippen LogP contribution in [0.2, 0.25) is 0 Å². The summed E-state index contributed by atoms with van der Waals surface area (Å²) in [7, 11) is 0. The molecule has 8 nitrogen and oxygen atoms in total. The maximum Gasteiger partial charge on any atom is 0.265 e. The van der Waals surface area contributed by atoms with Gasteiger partial charge in [0, 0.05) is 29.8 Å². The molecule has 2 N–H and O–H groups in total. The van der Waals surface area contributed by atoms with E-state index in [1.807, 2.05) is 25.1 Å². The maximum atomic E-state index is 13.7. The summed E-state index contributed by atoms with van der Waals surface area (Å²) in [6.45, 7) is 3.38. The summed E-state index contributed by atoms with van der Waals surface area (Å²) in [6.07, 6.45) is 4.29. The number of hydrogen-bond acceptors (Lipinski definition) is 6. The predicted molar refractivity (Wildman–Crippen MR) is 119 cm³/mol. The van der Waals surface area contributed by atoms with E-state index in [0.717, 1.165) is 5.69 Å². The third-order valence-corrected chi connectivity index (χ3v) is 4.53. The molecule has 2 aromatic heterocycles. The van der Waals surface area contributed by atoms with Gasteiger partial charge in [-0.25, -0.2) is 19.3 Å². The highest BCUT2D eigenvalue weighted by Gasteiger charge is 2.16. The lowest BCUT2D eigenvalue weighted by Crippen LogP contribution is -2.30. The molecule has 1 amide bonds. The van der Waals surface area contributed by atoms with E-state index in [0.29, 0.717) is 23.1 Å². The summed E-state index contributed by atoms with van der Waals surface area (Å²) in [5, 5.41) is 5.98. The molecular weight excluding hydrogens is 411 g/mol. The zero-order chi connectivity index (χ0) is 22.5. The molecule has 0 spiro atoms. The minimum atomic E-state index is -0.865. The Morgan fingerprint density at radius 3 is 2.56 bits per heavy atom. The Morgan fingerprint density at radius 2 is 1.84 bits per heavy atom. The highest BCUT2D eigenvalue weighted by atomic mass is 19.1. The summed E-state index contributed by atoms with van der Waals surface area (Å²) in [6, 6.07) is 14.9. The average molecular weight is 432 g/mol. The van der Waals surface area contributed by atoms with Crippen molar-refractivity contribution in [2.75, 3.05) is 10.6 Å². The van der Waals surface area contributed by atoms with Crippen LogP contribution in [0.3, 0.4) is 0 Å².